The average Bonchev–Trinajstić information content (AvgIpc) is 3.06. The fourth-order valence-corrected chi connectivity index (χ4v) is 3.29. The van der Waals surface area contributed by atoms with Crippen LogP contribution in [0.5, 0.6) is 0 Å². The Morgan fingerprint density at radius 3 is 2.83 bits per heavy atom. The van der Waals surface area contributed by atoms with Crippen molar-refractivity contribution in [2.24, 2.45) is 5.92 Å². The van der Waals surface area contributed by atoms with Crippen molar-refractivity contribution < 1.29 is 18.8 Å². The molecule has 3 rings (SSSR count). The first-order valence-corrected chi connectivity index (χ1v) is 7.58. The molecule has 0 radical (unpaired) electrons. The number of aromatic nitrogens is 1. The van der Waals surface area contributed by atoms with Crippen molar-refractivity contribution >= 4 is 5.97 Å². The predicted molar refractivity (Wildman–Crippen MR) is 81.5 cm³/mol. The molecule has 1 N–H and O–H groups in total. The molecule has 1 aromatic carbocycles. The predicted octanol–water partition coefficient (Wildman–Crippen LogP) is 2.73. The molecule has 1 saturated heterocycles. The number of rotatable bonds is 4. The fraction of sp³-hybridized carbons (Fsp3) is 0.412. The van der Waals surface area contributed by atoms with Crippen LogP contribution in [0.25, 0.3) is 0 Å². The summed E-state index contributed by atoms with van der Waals surface area (Å²) in [5.41, 5.74) is 2.55. The Bertz CT molecular complexity index is 709. The van der Waals surface area contributed by atoms with Gasteiger partial charge < -0.3 is 9.63 Å². The van der Waals surface area contributed by atoms with E-state index in [0.717, 1.165) is 22.6 Å². The van der Waals surface area contributed by atoms with E-state index in [1.165, 1.54) is 12.1 Å². The zero-order chi connectivity index (χ0) is 16.6. The van der Waals surface area contributed by atoms with E-state index in [1.807, 2.05) is 13.8 Å². The maximum atomic E-state index is 13.5. The van der Waals surface area contributed by atoms with E-state index in [4.69, 9.17) is 4.52 Å². The molecule has 0 saturated carbocycles. The summed E-state index contributed by atoms with van der Waals surface area (Å²) in [6.45, 7) is 5.33. The lowest BCUT2D eigenvalue weighted by molar-refractivity contribution is -0.141. The molecular weight excluding hydrogens is 299 g/mol. The third-order valence-corrected chi connectivity index (χ3v) is 4.55. The highest BCUT2D eigenvalue weighted by Gasteiger charge is 2.39. The van der Waals surface area contributed by atoms with Gasteiger partial charge in [-0.3, -0.25) is 9.69 Å². The van der Waals surface area contributed by atoms with Gasteiger partial charge in [0.05, 0.1) is 11.6 Å². The highest BCUT2D eigenvalue weighted by Crippen LogP contribution is 2.34. The molecule has 1 aromatic heterocycles. The van der Waals surface area contributed by atoms with Crippen LogP contribution < -0.4 is 0 Å². The number of carboxylic acids is 1. The van der Waals surface area contributed by atoms with Gasteiger partial charge in [0.15, 0.2) is 0 Å². The second kappa shape index (κ2) is 6.12. The second-order valence-electron chi connectivity index (χ2n) is 6.10. The van der Waals surface area contributed by atoms with Crippen molar-refractivity contribution in [3.8, 4) is 0 Å². The largest absolute Gasteiger partial charge is 0.481 e. The number of carbonyl (C=O) groups is 1. The molecular formula is C17H19FN2O3. The van der Waals surface area contributed by atoms with Crippen molar-refractivity contribution in [1.29, 1.82) is 0 Å². The zero-order valence-electron chi connectivity index (χ0n) is 13.1. The van der Waals surface area contributed by atoms with Crippen LogP contribution in [-0.2, 0) is 11.3 Å². The van der Waals surface area contributed by atoms with Crippen molar-refractivity contribution in [3.63, 3.8) is 0 Å². The van der Waals surface area contributed by atoms with E-state index >= 15 is 0 Å². The summed E-state index contributed by atoms with van der Waals surface area (Å²) < 4.78 is 18.6. The molecule has 0 aliphatic carbocycles. The normalized spacial score (nSPS) is 21.7. The number of aliphatic carboxylic acids is 1. The second-order valence-corrected chi connectivity index (χ2v) is 6.10. The maximum Gasteiger partial charge on any atom is 0.308 e. The fourth-order valence-electron chi connectivity index (χ4n) is 3.29. The van der Waals surface area contributed by atoms with E-state index in [-0.39, 0.29) is 11.7 Å². The minimum atomic E-state index is -0.847. The van der Waals surface area contributed by atoms with Crippen molar-refractivity contribution in [3.05, 3.63) is 52.7 Å². The van der Waals surface area contributed by atoms with Crippen molar-refractivity contribution in [1.82, 2.24) is 10.1 Å². The Kier molecular flexibility index (Phi) is 4.17. The number of hydrogen-bond donors (Lipinski definition) is 1. The molecule has 1 aliphatic rings. The molecule has 2 atom stereocenters. The van der Waals surface area contributed by atoms with Gasteiger partial charge >= 0.3 is 5.97 Å². The number of carboxylic acid groups (broad SMARTS) is 1. The van der Waals surface area contributed by atoms with Crippen molar-refractivity contribution in [2.75, 3.05) is 13.1 Å². The first-order chi connectivity index (χ1) is 11.0. The lowest BCUT2D eigenvalue weighted by atomic mass is 9.89. The van der Waals surface area contributed by atoms with Crippen LogP contribution in [0.2, 0.25) is 0 Å². The smallest absolute Gasteiger partial charge is 0.308 e. The molecule has 0 bridgehead atoms. The SMILES string of the molecule is Cc1noc(C)c1CN1C[C@@H](C(=O)O)[C@H](c2cccc(F)c2)C1. The summed E-state index contributed by atoms with van der Waals surface area (Å²) in [5, 5.41) is 13.4. The highest BCUT2D eigenvalue weighted by atomic mass is 19.1. The lowest BCUT2D eigenvalue weighted by Gasteiger charge is -2.16. The van der Waals surface area contributed by atoms with Crippen LogP contribution >= 0.6 is 0 Å². The lowest BCUT2D eigenvalue weighted by Crippen LogP contribution is -2.23. The maximum absolute atomic E-state index is 13.5. The molecule has 1 fully saturated rings. The van der Waals surface area contributed by atoms with Gasteiger partial charge in [-0.2, -0.15) is 0 Å². The Labute approximate surface area is 133 Å². The van der Waals surface area contributed by atoms with Crippen LogP contribution in [0.4, 0.5) is 4.39 Å². The Balaban J connectivity index is 1.83. The summed E-state index contributed by atoms with van der Waals surface area (Å²) in [5.74, 6) is -1.19. The Morgan fingerprint density at radius 1 is 1.43 bits per heavy atom. The van der Waals surface area contributed by atoms with E-state index in [1.54, 1.807) is 12.1 Å². The molecule has 122 valence electrons. The van der Waals surface area contributed by atoms with Crippen LogP contribution in [0.15, 0.2) is 28.8 Å². The minimum absolute atomic E-state index is 0.219. The van der Waals surface area contributed by atoms with Gasteiger partial charge in [0, 0.05) is 31.1 Å². The van der Waals surface area contributed by atoms with Crippen molar-refractivity contribution in [2.45, 2.75) is 26.3 Å². The number of aryl methyl sites for hydroxylation is 2. The standard InChI is InChI=1S/C17H19FN2O3/c1-10-14(11(2)23-19-10)7-20-8-15(16(9-20)17(21)22)12-4-3-5-13(18)6-12/h3-6,15-16H,7-9H2,1-2H3,(H,21,22)/t15-,16+/m0/s1. The molecule has 0 unspecified atom stereocenters. The summed E-state index contributed by atoms with van der Waals surface area (Å²) >= 11 is 0. The zero-order valence-corrected chi connectivity index (χ0v) is 13.1. The number of hydrogen-bond acceptors (Lipinski definition) is 4. The molecule has 2 aromatic rings. The molecule has 23 heavy (non-hydrogen) atoms. The Morgan fingerprint density at radius 2 is 2.22 bits per heavy atom. The van der Waals surface area contributed by atoms with E-state index < -0.39 is 11.9 Å². The van der Waals surface area contributed by atoms with E-state index in [0.29, 0.717) is 19.6 Å². The number of likely N-dealkylation sites (tertiary alicyclic amines) is 1. The summed E-state index contributed by atoms with van der Waals surface area (Å²) in [4.78, 5) is 13.7. The van der Waals surface area contributed by atoms with Crippen LogP contribution in [0.3, 0.4) is 0 Å². The van der Waals surface area contributed by atoms with Gasteiger partial charge in [-0.25, -0.2) is 4.39 Å². The summed E-state index contributed by atoms with van der Waals surface area (Å²) in [6, 6.07) is 6.22. The molecule has 6 heteroatoms. The minimum Gasteiger partial charge on any atom is -0.481 e. The first-order valence-electron chi connectivity index (χ1n) is 7.58. The highest BCUT2D eigenvalue weighted by molar-refractivity contribution is 5.72. The van der Waals surface area contributed by atoms with E-state index in [2.05, 4.69) is 10.1 Å². The van der Waals surface area contributed by atoms with Gasteiger partial charge in [-0.1, -0.05) is 17.3 Å². The number of halogens is 1. The summed E-state index contributed by atoms with van der Waals surface area (Å²) in [6.07, 6.45) is 0. The monoisotopic (exact) mass is 318 g/mol. The summed E-state index contributed by atoms with van der Waals surface area (Å²) in [7, 11) is 0. The molecule has 5 nitrogen and oxygen atoms in total. The molecule has 1 aliphatic heterocycles. The number of nitrogens with zero attached hydrogens (tertiary/aromatic N) is 2. The average molecular weight is 318 g/mol. The quantitative estimate of drug-likeness (QED) is 0.939. The number of benzene rings is 1. The topological polar surface area (TPSA) is 66.6 Å². The van der Waals surface area contributed by atoms with Crippen LogP contribution in [0, 0.1) is 25.6 Å². The molecule has 0 amide bonds. The molecule has 0 spiro atoms. The van der Waals surface area contributed by atoms with Gasteiger partial charge in [0.1, 0.15) is 11.6 Å². The van der Waals surface area contributed by atoms with E-state index in [9.17, 15) is 14.3 Å². The van der Waals surface area contributed by atoms with Crippen LogP contribution in [0.1, 0.15) is 28.5 Å². The van der Waals surface area contributed by atoms with Gasteiger partial charge in [0.2, 0.25) is 0 Å². The first kappa shape index (κ1) is 15.7. The molecule has 2 heterocycles. The third kappa shape index (κ3) is 3.12. The Hall–Kier alpha value is -2.21. The van der Waals surface area contributed by atoms with Crippen LogP contribution in [-0.4, -0.2) is 34.2 Å². The van der Waals surface area contributed by atoms with Gasteiger partial charge in [-0.15, -0.1) is 0 Å². The van der Waals surface area contributed by atoms with Gasteiger partial charge in [0.25, 0.3) is 0 Å². The van der Waals surface area contributed by atoms with Gasteiger partial charge in [-0.05, 0) is 31.5 Å². The third-order valence-electron chi connectivity index (χ3n) is 4.55.